The predicted molar refractivity (Wildman–Crippen MR) is 115 cm³/mol. The zero-order valence-corrected chi connectivity index (χ0v) is 17.9. The van der Waals surface area contributed by atoms with E-state index in [1.807, 2.05) is 26.0 Å². The van der Waals surface area contributed by atoms with Crippen LogP contribution in [0.3, 0.4) is 0 Å². The number of hydrogen-bond donors (Lipinski definition) is 1. The third kappa shape index (κ3) is 5.81. The molecule has 0 radical (unpaired) electrons. The number of rotatable bonds is 7. The Kier molecular flexibility index (Phi) is 7.28. The SMILES string of the molecule is CCN(CC(=O)Nc1ccc2c(c1)OCCO2)C(=O)C(C)Sc1ccc(Cl)cc1. The van der Waals surface area contributed by atoms with E-state index in [-0.39, 0.29) is 23.6 Å². The highest BCUT2D eigenvalue weighted by Gasteiger charge is 2.23. The first kappa shape index (κ1) is 21.3. The van der Waals surface area contributed by atoms with Crippen molar-refractivity contribution in [2.45, 2.75) is 24.0 Å². The van der Waals surface area contributed by atoms with Crippen molar-refractivity contribution < 1.29 is 19.1 Å². The van der Waals surface area contributed by atoms with Gasteiger partial charge in [0.1, 0.15) is 13.2 Å². The fourth-order valence-corrected chi connectivity index (χ4v) is 3.94. The summed E-state index contributed by atoms with van der Waals surface area (Å²) in [6.45, 7) is 5.11. The lowest BCUT2D eigenvalue weighted by Gasteiger charge is -2.24. The maximum Gasteiger partial charge on any atom is 0.243 e. The Bertz CT molecular complexity index is 875. The molecule has 1 aliphatic heterocycles. The highest BCUT2D eigenvalue weighted by atomic mass is 35.5. The summed E-state index contributed by atoms with van der Waals surface area (Å²) in [5.74, 6) is 0.906. The number of halogens is 1. The Morgan fingerprint density at radius 1 is 1.14 bits per heavy atom. The molecule has 0 fully saturated rings. The number of carbonyl (C=O) groups excluding carboxylic acids is 2. The van der Waals surface area contributed by atoms with Crippen molar-refractivity contribution in [3.05, 3.63) is 47.5 Å². The summed E-state index contributed by atoms with van der Waals surface area (Å²) in [6.07, 6.45) is 0. The van der Waals surface area contributed by atoms with Gasteiger partial charge in [-0.1, -0.05) is 11.6 Å². The number of likely N-dealkylation sites (N-methyl/N-ethyl adjacent to an activating group) is 1. The summed E-state index contributed by atoms with van der Waals surface area (Å²) in [4.78, 5) is 27.8. The third-order valence-electron chi connectivity index (χ3n) is 4.33. The van der Waals surface area contributed by atoms with Gasteiger partial charge in [0, 0.05) is 28.2 Å². The summed E-state index contributed by atoms with van der Waals surface area (Å²) in [7, 11) is 0. The summed E-state index contributed by atoms with van der Waals surface area (Å²) in [5, 5.41) is 3.15. The second kappa shape index (κ2) is 9.89. The molecule has 1 unspecified atom stereocenters. The standard InChI is InChI=1S/C21H23ClN2O4S/c1-3-24(21(26)14(2)29-17-7-4-15(22)5-8-17)13-20(25)23-16-6-9-18-19(12-16)28-11-10-27-18/h4-9,12,14H,3,10-11,13H2,1-2H3,(H,23,25). The second-order valence-corrected chi connectivity index (χ2v) is 8.32. The highest BCUT2D eigenvalue weighted by Crippen LogP contribution is 2.32. The molecule has 0 saturated heterocycles. The van der Waals surface area contributed by atoms with E-state index in [0.29, 0.717) is 42.0 Å². The molecular weight excluding hydrogens is 412 g/mol. The van der Waals surface area contributed by atoms with Crippen molar-refractivity contribution in [3.63, 3.8) is 0 Å². The summed E-state index contributed by atoms with van der Waals surface area (Å²) in [6, 6.07) is 12.6. The lowest BCUT2D eigenvalue weighted by molar-refractivity contribution is -0.133. The normalized spacial score (nSPS) is 13.5. The largest absolute Gasteiger partial charge is 0.486 e. The van der Waals surface area contributed by atoms with Crippen LogP contribution < -0.4 is 14.8 Å². The molecular formula is C21H23ClN2O4S. The first-order chi connectivity index (χ1) is 14.0. The van der Waals surface area contributed by atoms with E-state index in [4.69, 9.17) is 21.1 Å². The van der Waals surface area contributed by atoms with Gasteiger partial charge in [-0.3, -0.25) is 9.59 Å². The van der Waals surface area contributed by atoms with Gasteiger partial charge < -0.3 is 19.7 Å². The lowest BCUT2D eigenvalue weighted by atomic mass is 10.2. The molecule has 0 aromatic heterocycles. The van der Waals surface area contributed by atoms with Crippen LogP contribution in [-0.2, 0) is 9.59 Å². The van der Waals surface area contributed by atoms with Gasteiger partial charge in [0.2, 0.25) is 11.8 Å². The molecule has 154 valence electrons. The van der Waals surface area contributed by atoms with Gasteiger partial charge in [-0.25, -0.2) is 0 Å². The summed E-state index contributed by atoms with van der Waals surface area (Å²) in [5.41, 5.74) is 0.603. The number of hydrogen-bond acceptors (Lipinski definition) is 5. The molecule has 2 aromatic rings. The fourth-order valence-electron chi connectivity index (χ4n) is 2.87. The molecule has 1 atom stereocenters. The topological polar surface area (TPSA) is 67.9 Å². The minimum atomic E-state index is -0.321. The van der Waals surface area contributed by atoms with Gasteiger partial charge in [-0.2, -0.15) is 0 Å². The average Bonchev–Trinajstić information content (AvgIpc) is 2.73. The van der Waals surface area contributed by atoms with Gasteiger partial charge in [0.25, 0.3) is 0 Å². The Balaban J connectivity index is 1.57. The van der Waals surface area contributed by atoms with Gasteiger partial charge in [0.15, 0.2) is 11.5 Å². The summed E-state index contributed by atoms with van der Waals surface area (Å²) >= 11 is 7.34. The first-order valence-electron chi connectivity index (χ1n) is 9.36. The second-order valence-electron chi connectivity index (χ2n) is 6.47. The van der Waals surface area contributed by atoms with Gasteiger partial charge >= 0.3 is 0 Å². The molecule has 1 N–H and O–H groups in total. The van der Waals surface area contributed by atoms with E-state index in [1.54, 1.807) is 35.2 Å². The van der Waals surface area contributed by atoms with Crippen molar-refractivity contribution >= 4 is 40.9 Å². The van der Waals surface area contributed by atoms with Gasteiger partial charge in [-0.15, -0.1) is 11.8 Å². The number of amides is 2. The minimum Gasteiger partial charge on any atom is -0.486 e. The van der Waals surface area contributed by atoms with Crippen molar-refractivity contribution in [3.8, 4) is 11.5 Å². The Morgan fingerprint density at radius 3 is 2.52 bits per heavy atom. The molecule has 0 bridgehead atoms. The van der Waals surface area contributed by atoms with Crippen LogP contribution in [0.2, 0.25) is 5.02 Å². The first-order valence-corrected chi connectivity index (χ1v) is 10.6. The van der Waals surface area contributed by atoms with Crippen LogP contribution in [0, 0.1) is 0 Å². The predicted octanol–water partition coefficient (Wildman–Crippen LogP) is 4.08. The van der Waals surface area contributed by atoms with E-state index < -0.39 is 0 Å². The van der Waals surface area contributed by atoms with Gasteiger partial charge in [-0.05, 0) is 50.2 Å². The van der Waals surface area contributed by atoms with Gasteiger partial charge in [0.05, 0.1) is 11.8 Å². The minimum absolute atomic E-state index is 0.0186. The third-order valence-corrected chi connectivity index (χ3v) is 5.68. The number of nitrogens with one attached hydrogen (secondary N) is 1. The monoisotopic (exact) mass is 434 g/mol. The average molecular weight is 435 g/mol. The van der Waals surface area contributed by atoms with E-state index in [9.17, 15) is 9.59 Å². The number of benzene rings is 2. The number of nitrogens with zero attached hydrogens (tertiary/aromatic N) is 1. The number of ether oxygens (including phenoxy) is 2. The number of fused-ring (bicyclic) bond motifs is 1. The van der Waals surface area contributed by atoms with Crippen LogP contribution in [0.4, 0.5) is 5.69 Å². The van der Waals surface area contributed by atoms with Crippen LogP contribution in [0.15, 0.2) is 47.4 Å². The van der Waals surface area contributed by atoms with Crippen LogP contribution in [0.1, 0.15) is 13.8 Å². The molecule has 2 amide bonds. The van der Waals surface area contributed by atoms with Crippen molar-refractivity contribution in [2.75, 3.05) is 31.6 Å². The summed E-state index contributed by atoms with van der Waals surface area (Å²) < 4.78 is 11.0. The molecule has 0 aliphatic carbocycles. The van der Waals surface area contributed by atoms with Crippen LogP contribution in [0.25, 0.3) is 0 Å². The van der Waals surface area contributed by atoms with Crippen molar-refractivity contribution in [1.29, 1.82) is 0 Å². The molecule has 0 spiro atoms. The zero-order chi connectivity index (χ0) is 20.8. The van der Waals surface area contributed by atoms with E-state index >= 15 is 0 Å². The number of thioether (sulfide) groups is 1. The van der Waals surface area contributed by atoms with Crippen LogP contribution in [-0.4, -0.2) is 48.3 Å². The lowest BCUT2D eigenvalue weighted by Crippen LogP contribution is -2.41. The maximum atomic E-state index is 12.8. The maximum absolute atomic E-state index is 12.8. The molecule has 2 aromatic carbocycles. The Labute approximate surface area is 179 Å². The smallest absolute Gasteiger partial charge is 0.243 e. The Morgan fingerprint density at radius 2 is 1.83 bits per heavy atom. The van der Waals surface area contributed by atoms with E-state index in [0.717, 1.165) is 4.90 Å². The molecule has 3 rings (SSSR count). The number of anilines is 1. The number of carbonyl (C=O) groups is 2. The molecule has 8 heteroatoms. The quantitative estimate of drug-likeness (QED) is 0.665. The van der Waals surface area contributed by atoms with Crippen LogP contribution in [0.5, 0.6) is 11.5 Å². The fraction of sp³-hybridized carbons (Fsp3) is 0.333. The molecule has 0 saturated carbocycles. The molecule has 29 heavy (non-hydrogen) atoms. The highest BCUT2D eigenvalue weighted by molar-refractivity contribution is 8.00. The molecule has 1 heterocycles. The van der Waals surface area contributed by atoms with Crippen LogP contribution >= 0.6 is 23.4 Å². The molecule has 6 nitrogen and oxygen atoms in total. The van der Waals surface area contributed by atoms with E-state index in [2.05, 4.69) is 5.32 Å². The molecule has 1 aliphatic rings. The van der Waals surface area contributed by atoms with Crippen molar-refractivity contribution in [1.82, 2.24) is 4.90 Å². The van der Waals surface area contributed by atoms with Crippen molar-refractivity contribution in [2.24, 2.45) is 0 Å². The Hall–Kier alpha value is -2.38. The van der Waals surface area contributed by atoms with E-state index in [1.165, 1.54) is 11.8 Å². The zero-order valence-electron chi connectivity index (χ0n) is 16.3.